The third kappa shape index (κ3) is 2.17. The number of nitrogens with zero attached hydrogens (tertiary/aromatic N) is 1. The topological polar surface area (TPSA) is 85.9 Å². The Hall–Kier alpha value is -1.95. The van der Waals surface area contributed by atoms with E-state index >= 15 is 0 Å². The average molecular weight is 242 g/mol. The predicted molar refractivity (Wildman–Crippen MR) is 57.9 cm³/mol. The maximum atomic E-state index is 10.4. The second kappa shape index (κ2) is 4.28. The Labute approximate surface area is 96.0 Å². The van der Waals surface area contributed by atoms with Gasteiger partial charge in [-0.2, -0.15) is 5.10 Å². The summed E-state index contributed by atoms with van der Waals surface area (Å²) < 4.78 is 10.3. The molecule has 0 atom stereocenters. The van der Waals surface area contributed by atoms with E-state index in [0.29, 0.717) is 22.1 Å². The van der Waals surface area contributed by atoms with Crippen LogP contribution in [0.15, 0.2) is 17.2 Å². The summed E-state index contributed by atoms with van der Waals surface area (Å²) in [5, 5.41) is 4.04. The number of rotatable bonds is 2. The molecule has 1 aromatic rings. The molecule has 1 aliphatic rings. The molecule has 16 heavy (non-hydrogen) atoms. The molecule has 3 N–H and O–H groups in total. The van der Waals surface area contributed by atoms with E-state index in [0.717, 1.165) is 0 Å². The zero-order valence-corrected chi connectivity index (χ0v) is 8.82. The number of hydrazone groups is 1. The highest BCUT2D eigenvalue weighted by molar-refractivity contribution is 6.33. The molecule has 1 aromatic carbocycles. The normalized spacial score (nSPS) is 13.1. The lowest BCUT2D eigenvalue weighted by molar-refractivity contribution is 0.174. The molecule has 2 amide bonds. The summed E-state index contributed by atoms with van der Waals surface area (Å²) >= 11 is 5.95. The molecule has 1 heterocycles. The molecule has 0 spiro atoms. The second-order valence-electron chi connectivity index (χ2n) is 2.96. The first-order chi connectivity index (χ1) is 7.66. The standard InChI is InChI=1S/C9H8ClN3O3/c10-6-2-8-7(15-4-16-8)1-5(6)3-12-13-9(11)14/h1-3H,4H2,(H3,11,13,14)/b12-3+. The van der Waals surface area contributed by atoms with E-state index in [9.17, 15) is 4.79 Å². The van der Waals surface area contributed by atoms with Crippen LogP contribution in [0.4, 0.5) is 4.79 Å². The SMILES string of the molecule is NC(=O)N/N=C/c1cc2c(cc1Cl)OCO2. The van der Waals surface area contributed by atoms with Crippen LogP contribution >= 0.6 is 11.6 Å². The fourth-order valence-corrected chi connectivity index (χ4v) is 1.40. The number of hydrogen-bond donors (Lipinski definition) is 2. The molecule has 6 nitrogen and oxygen atoms in total. The highest BCUT2D eigenvalue weighted by Gasteiger charge is 2.15. The molecule has 7 heteroatoms. The first-order valence-corrected chi connectivity index (χ1v) is 4.72. The largest absolute Gasteiger partial charge is 0.454 e. The lowest BCUT2D eigenvalue weighted by Gasteiger charge is -2.00. The molecule has 0 fully saturated rings. The lowest BCUT2D eigenvalue weighted by Crippen LogP contribution is -2.24. The third-order valence-electron chi connectivity index (χ3n) is 1.87. The van der Waals surface area contributed by atoms with Gasteiger partial charge >= 0.3 is 6.03 Å². The number of fused-ring (bicyclic) bond motifs is 1. The highest BCUT2D eigenvalue weighted by atomic mass is 35.5. The maximum absolute atomic E-state index is 10.4. The van der Waals surface area contributed by atoms with Gasteiger partial charge < -0.3 is 15.2 Å². The van der Waals surface area contributed by atoms with Crippen LogP contribution in [-0.4, -0.2) is 19.0 Å². The Balaban J connectivity index is 2.21. The molecular formula is C9H8ClN3O3. The van der Waals surface area contributed by atoms with Crippen LogP contribution < -0.4 is 20.6 Å². The Morgan fingerprint density at radius 1 is 1.50 bits per heavy atom. The van der Waals surface area contributed by atoms with Crippen molar-refractivity contribution in [1.29, 1.82) is 0 Å². The Morgan fingerprint density at radius 3 is 2.88 bits per heavy atom. The second-order valence-corrected chi connectivity index (χ2v) is 3.37. The Kier molecular flexibility index (Phi) is 2.82. The van der Waals surface area contributed by atoms with Crippen molar-refractivity contribution in [2.45, 2.75) is 0 Å². The molecule has 2 rings (SSSR count). The van der Waals surface area contributed by atoms with Crippen molar-refractivity contribution in [2.24, 2.45) is 10.8 Å². The number of primary amides is 1. The van der Waals surface area contributed by atoms with Gasteiger partial charge in [-0.3, -0.25) is 0 Å². The molecule has 84 valence electrons. The van der Waals surface area contributed by atoms with E-state index in [-0.39, 0.29) is 6.79 Å². The van der Waals surface area contributed by atoms with Gasteiger partial charge in [0.1, 0.15) is 0 Å². The van der Waals surface area contributed by atoms with Crippen molar-refractivity contribution in [1.82, 2.24) is 5.43 Å². The van der Waals surface area contributed by atoms with E-state index in [4.69, 9.17) is 26.8 Å². The minimum Gasteiger partial charge on any atom is -0.454 e. The number of nitrogens with two attached hydrogens (primary N) is 1. The summed E-state index contributed by atoms with van der Waals surface area (Å²) in [4.78, 5) is 10.4. The third-order valence-corrected chi connectivity index (χ3v) is 2.20. The minimum atomic E-state index is -0.742. The van der Waals surface area contributed by atoms with Gasteiger partial charge in [0.15, 0.2) is 11.5 Å². The number of carbonyl (C=O) groups is 1. The number of carbonyl (C=O) groups excluding carboxylic acids is 1. The van der Waals surface area contributed by atoms with E-state index in [1.807, 2.05) is 0 Å². The fraction of sp³-hybridized carbons (Fsp3) is 0.111. The molecule has 0 saturated carbocycles. The van der Waals surface area contributed by atoms with Crippen LogP contribution in [0.1, 0.15) is 5.56 Å². The number of ether oxygens (including phenoxy) is 2. The van der Waals surface area contributed by atoms with E-state index in [2.05, 4.69) is 10.5 Å². The minimum absolute atomic E-state index is 0.172. The van der Waals surface area contributed by atoms with Crippen molar-refractivity contribution < 1.29 is 14.3 Å². The zero-order valence-electron chi connectivity index (χ0n) is 8.07. The summed E-state index contributed by atoms with van der Waals surface area (Å²) in [6, 6.07) is 2.54. The van der Waals surface area contributed by atoms with Gasteiger partial charge in [-0.1, -0.05) is 11.6 Å². The highest BCUT2D eigenvalue weighted by Crippen LogP contribution is 2.36. The Bertz CT molecular complexity index is 462. The van der Waals surface area contributed by atoms with Crippen LogP contribution in [-0.2, 0) is 0 Å². The van der Waals surface area contributed by atoms with E-state index in [1.54, 1.807) is 12.1 Å². The van der Waals surface area contributed by atoms with Crippen molar-refractivity contribution in [3.05, 3.63) is 22.7 Å². The van der Waals surface area contributed by atoms with Gasteiger partial charge in [0, 0.05) is 11.6 Å². The van der Waals surface area contributed by atoms with E-state index in [1.165, 1.54) is 6.21 Å². The number of amides is 2. The first kappa shape index (κ1) is 10.6. The van der Waals surface area contributed by atoms with Crippen molar-refractivity contribution in [3.63, 3.8) is 0 Å². The molecule has 0 unspecified atom stereocenters. The van der Waals surface area contributed by atoms with Crippen LogP contribution in [0, 0.1) is 0 Å². The van der Waals surface area contributed by atoms with Crippen molar-refractivity contribution in [2.75, 3.05) is 6.79 Å². The molecule has 0 aliphatic carbocycles. The van der Waals surface area contributed by atoms with Crippen LogP contribution in [0.25, 0.3) is 0 Å². The number of halogens is 1. The fourth-order valence-electron chi connectivity index (χ4n) is 1.20. The molecule has 0 radical (unpaired) electrons. The summed E-state index contributed by atoms with van der Waals surface area (Å²) in [6.45, 7) is 0.172. The molecule has 0 saturated heterocycles. The Morgan fingerprint density at radius 2 is 2.19 bits per heavy atom. The summed E-state index contributed by atoms with van der Waals surface area (Å²) in [5.41, 5.74) is 7.51. The van der Waals surface area contributed by atoms with Crippen molar-refractivity contribution in [3.8, 4) is 11.5 Å². The molecule has 0 aromatic heterocycles. The number of nitrogens with one attached hydrogen (secondary N) is 1. The predicted octanol–water partition coefficient (Wildman–Crippen LogP) is 1.07. The molecule has 1 aliphatic heterocycles. The smallest absolute Gasteiger partial charge is 0.332 e. The summed E-state index contributed by atoms with van der Waals surface area (Å²) in [7, 11) is 0. The molecular weight excluding hydrogens is 234 g/mol. The number of urea groups is 1. The summed E-state index contributed by atoms with van der Waals surface area (Å²) in [5.74, 6) is 1.18. The van der Waals surface area contributed by atoms with Gasteiger partial charge in [-0.25, -0.2) is 10.2 Å². The van der Waals surface area contributed by atoms with Crippen LogP contribution in [0.5, 0.6) is 11.5 Å². The summed E-state index contributed by atoms with van der Waals surface area (Å²) in [6.07, 6.45) is 1.37. The van der Waals surface area contributed by atoms with Crippen LogP contribution in [0.2, 0.25) is 5.02 Å². The van der Waals surface area contributed by atoms with E-state index < -0.39 is 6.03 Å². The van der Waals surface area contributed by atoms with Crippen molar-refractivity contribution >= 4 is 23.8 Å². The monoisotopic (exact) mass is 241 g/mol. The van der Waals surface area contributed by atoms with Crippen LogP contribution in [0.3, 0.4) is 0 Å². The lowest BCUT2D eigenvalue weighted by atomic mass is 10.2. The van der Waals surface area contributed by atoms with Gasteiger partial charge in [0.05, 0.1) is 11.2 Å². The quantitative estimate of drug-likeness (QED) is 0.600. The average Bonchev–Trinajstić information content (AvgIpc) is 2.64. The van der Waals surface area contributed by atoms with Gasteiger partial charge in [-0.05, 0) is 6.07 Å². The zero-order chi connectivity index (χ0) is 11.5. The number of benzene rings is 1. The van der Waals surface area contributed by atoms with Gasteiger partial charge in [-0.15, -0.1) is 0 Å². The van der Waals surface area contributed by atoms with Gasteiger partial charge in [0.2, 0.25) is 6.79 Å². The molecule has 0 bridgehead atoms. The number of hydrogen-bond acceptors (Lipinski definition) is 4. The maximum Gasteiger partial charge on any atom is 0.332 e. The first-order valence-electron chi connectivity index (χ1n) is 4.34. The van der Waals surface area contributed by atoms with Gasteiger partial charge in [0.25, 0.3) is 0 Å².